The number of allylic oxidation sites excluding steroid dienone is 2. The lowest BCUT2D eigenvalue weighted by Crippen LogP contribution is -2.51. The zero-order valence-corrected chi connectivity index (χ0v) is 15.1. The molecule has 4 aliphatic rings. The molecule has 1 unspecified atom stereocenters. The van der Waals surface area contributed by atoms with Crippen molar-refractivity contribution in [2.45, 2.75) is 45.2 Å². The first-order valence-electron chi connectivity index (χ1n) is 9.49. The van der Waals surface area contributed by atoms with Crippen molar-refractivity contribution in [3.63, 3.8) is 0 Å². The Morgan fingerprint density at radius 3 is 2.92 bits per heavy atom. The zero-order chi connectivity index (χ0) is 16.8. The van der Waals surface area contributed by atoms with E-state index in [-0.39, 0.29) is 5.92 Å². The number of carbonyl (C=O) groups excluding carboxylic acids is 1. The number of piperidine rings is 1. The first-order valence-corrected chi connectivity index (χ1v) is 9.49. The van der Waals surface area contributed by atoms with Crippen LogP contribution in [0.15, 0.2) is 35.1 Å². The quantitative estimate of drug-likeness (QED) is 0.864. The Bertz CT molecular complexity index is 629. The van der Waals surface area contributed by atoms with Gasteiger partial charge in [0, 0.05) is 31.9 Å². The predicted octanol–water partition coefficient (Wildman–Crippen LogP) is 2.31. The molecule has 0 aromatic rings. The van der Waals surface area contributed by atoms with Crippen LogP contribution in [0, 0.1) is 11.8 Å². The van der Waals surface area contributed by atoms with Gasteiger partial charge in [0.2, 0.25) is 5.91 Å². The number of nitrogens with one attached hydrogen (secondary N) is 1. The highest BCUT2D eigenvalue weighted by molar-refractivity contribution is 5.80. The third-order valence-corrected chi connectivity index (χ3v) is 6.50. The van der Waals surface area contributed by atoms with E-state index in [0.29, 0.717) is 23.9 Å². The summed E-state index contributed by atoms with van der Waals surface area (Å²) in [6.07, 6.45) is 10.2. The van der Waals surface area contributed by atoms with Crippen LogP contribution in [-0.4, -0.2) is 54.5 Å². The van der Waals surface area contributed by atoms with Crippen molar-refractivity contribution in [3.8, 4) is 0 Å². The maximum Gasteiger partial charge on any atom is 0.227 e. The van der Waals surface area contributed by atoms with Gasteiger partial charge in [-0.1, -0.05) is 12.2 Å². The Kier molecular flexibility index (Phi) is 4.03. The monoisotopic (exact) mass is 327 g/mol. The molecule has 0 spiro atoms. The molecule has 0 aromatic carbocycles. The van der Waals surface area contributed by atoms with E-state index in [2.05, 4.69) is 49.5 Å². The van der Waals surface area contributed by atoms with Gasteiger partial charge in [-0.05, 0) is 62.8 Å². The summed E-state index contributed by atoms with van der Waals surface area (Å²) in [6.45, 7) is 6.68. The molecule has 130 valence electrons. The van der Waals surface area contributed by atoms with E-state index >= 15 is 0 Å². The predicted molar refractivity (Wildman–Crippen MR) is 96.3 cm³/mol. The third-order valence-electron chi connectivity index (χ3n) is 6.50. The fourth-order valence-electron chi connectivity index (χ4n) is 5.15. The van der Waals surface area contributed by atoms with Crippen molar-refractivity contribution >= 4 is 5.91 Å². The number of likely N-dealkylation sites (tertiary alicyclic amines) is 1. The van der Waals surface area contributed by atoms with Crippen LogP contribution >= 0.6 is 0 Å². The van der Waals surface area contributed by atoms with E-state index < -0.39 is 0 Å². The van der Waals surface area contributed by atoms with Crippen molar-refractivity contribution in [1.29, 1.82) is 0 Å². The number of rotatable bonds is 3. The molecule has 24 heavy (non-hydrogen) atoms. The number of amides is 1. The fourth-order valence-corrected chi connectivity index (χ4v) is 5.15. The van der Waals surface area contributed by atoms with Crippen LogP contribution in [-0.2, 0) is 4.79 Å². The summed E-state index contributed by atoms with van der Waals surface area (Å²) in [5, 5.41) is 3.57. The largest absolute Gasteiger partial charge is 0.384 e. The average Bonchev–Trinajstić information content (AvgIpc) is 2.93. The molecule has 1 fully saturated rings. The summed E-state index contributed by atoms with van der Waals surface area (Å²) in [5.41, 5.74) is 4.44. The third kappa shape index (κ3) is 2.34. The van der Waals surface area contributed by atoms with Gasteiger partial charge in [0.25, 0.3) is 0 Å². The second-order valence-corrected chi connectivity index (χ2v) is 7.65. The number of hydrogen-bond acceptors (Lipinski definition) is 3. The Labute approximate surface area is 145 Å². The fraction of sp³-hybridized carbons (Fsp3) is 0.650. The summed E-state index contributed by atoms with van der Waals surface area (Å²) >= 11 is 0. The molecule has 2 aliphatic carbocycles. The van der Waals surface area contributed by atoms with E-state index in [1.807, 2.05) is 4.90 Å². The first-order chi connectivity index (χ1) is 11.6. The molecule has 4 heteroatoms. The van der Waals surface area contributed by atoms with Crippen molar-refractivity contribution in [3.05, 3.63) is 35.1 Å². The highest BCUT2D eigenvalue weighted by Gasteiger charge is 2.45. The van der Waals surface area contributed by atoms with Crippen LogP contribution in [0.1, 0.15) is 33.1 Å². The number of hydrogen-bond donors (Lipinski definition) is 1. The Balaban J connectivity index is 1.74. The summed E-state index contributed by atoms with van der Waals surface area (Å²) in [7, 11) is 2.20. The highest BCUT2D eigenvalue weighted by atomic mass is 16.2. The molecule has 2 bridgehead atoms. The van der Waals surface area contributed by atoms with Gasteiger partial charge >= 0.3 is 0 Å². The summed E-state index contributed by atoms with van der Waals surface area (Å²) in [5.74, 6) is 0.813. The van der Waals surface area contributed by atoms with Gasteiger partial charge in [0.1, 0.15) is 0 Å². The van der Waals surface area contributed by atoms with E-state index in [9.17, 15) is 4.79 Å². The zero-order valence-electron chi connectivity index (χ0n) is 15.1. The van der Waals surface area contributed by atoms with Crippen LogP contribution < -0.4 is 5.32 Å². The molecular formula is C20H29N3O. The smallest absolute Gasteiger partial charge is 0.227 e. The second kappa shape index (κ2) is 6.07. The lowest BCUT2D eigenvalue weighted by atomic mass is 9.75. The highest BCUT2D eigenvalue weighted by Crippen LogP contribution is 2.46. The van der Waals surface area contributed by atoms with Crippen LogP contribution in [0.2, 0.25) is 0 Å². The van der Waals surface area contributed by atoms with Crippen LogP contribution in [0.25, 0.3) is 0 Å². The molecule has 1 N–H and O–H groups in total. The number of fused-ring (bicyclic) bond motifs is 3. The molecule has 2 aliphatic heterocycles. The second-order valence-electron chi connectivity index (χ2n) is 7.65. The van der Waals surface area contributed by atoms with Gasteiger partial charge in [-0.25, -0.2) is 0 Å². The normalized spacial score (nSPS) is 34.4. The molecule has 4 atom stereocenters. The van der Waals surface area contributed by atoms with Crippen molar-refractivity contribution in [2.24, 2.45) is 11.8 Å². The van der Waals surface area contributed by atoms with E-state index in [4.69, 9.17) is 0 Å². The summed E-state index contributed by atoms with van der Waals surface area (Å²) in [6, 6.07) is 0.996. The Hall–Kier alpha value is -1.55. The standard InChI is InChI=1S/C20H29N3O/c1-4-23(5-2)20(24)17-12-22(3)14-9-13-11-21-18-8-6-7-15(19(13)18)16(17)10-14/h6-7,11,14,16-18,21H,4-5,8-10,12H2,1-3H3/t14-,16-,17-,18?/m0/s1. The van der Waals surface area contributed by atoms with Gasteiger partial charge < -0.3 is 15.1 Å². The van der Waals surface area contributed by atoms with Crippen molar-refractivity contribution < 1.29 is 4.79 Å². The SMILES string of the molecule is CCN(CC)C(=O)[C@H]1CN(C)[C@H]2CC3=CNC4CC=CC(=C34)[C@@H]1C2. The molecule has 0 radical (unpaired) electrons. The van der Waals surface area contributed by atoms with E-state index in [1.165, 1.54) is 16.7 Å². The number of nitrogens with zero attached hydrogens (tertiary/aromatic N) is 2. The molecule has 1 saturated heterocycles. The van der Waals surface area contributed by atoms with Gasteiger partial charge in [-0.3, -0.25) is 4.79 Å². The molecule has 4 rings (SSSR count). The van der Waals surface area contributed by atoms with Crippen molar-refractivity contribution in [2.75, 3.05) is 26.7 Å². The van der Waals surface area contributed by atoms with Crippen LogP contribution in [0.3, 0.4) is 0 Å². The molecule has 0 aromatic heterocycles. The lowest BCUT2D eigenvalue weighted by molar-refractivity contribution is -0.139. The molecule has 0 saturated carbocycles. The van der Waals surface area contributed by atoms with Gasteiger partial charge in [0.15, 0.2) is 0 Å². The molecular weight excluding hydrogens is 298 g/mol. The minimum Gasteiger partial charge on any atom is -0.384 e. The minimum absolute atomic E-state index is 0.0944. The van der Waals surface area contributed by atoms with Crippen LogP contribution in [0.4, 0.5) is 0 Å². The minimum atomic E-state index is 0.0944. The van der Waals surface area contributed by atoms with Gasteiger partial charge in [-0.15, -0.1) is 0 Å². The summed E-state index contributed by atoms with van der Waals surface area (Å²) < 4.78 is 0. The van der Waals surface area contributed by atoms with Gasteiger partial charge in [0.05, 0.1) is 12.0 Å². The topological polar surface area (TPSA) is 35.6 Å². The van der Waals surface area contributed by atoms with E-state index in [0.717, 1.165) is 38.9 Å². The molecule has 2 heterocycles. The average molecular weight is 327 g/mol. The summed E-state index contributed by atoms with van der Waals surface area (Å²) in [4.78, 5) is 17.6. The molecule has 1 amide bonds. The first kappa shape index (κ1) is 15.9. The van der Waals surface area contributed by atoms with Crippen LogP contribution in [0.5, 0.6) is 0 Å². The van der Waals surface area contributed by atoms with Gasteiger partial charge in [-0.2, -0.15) is 0 Å². The maximum absolute atomic E-state index is 13.2. The maximum atomic E-state index is 13.2. The Morgan fingerprint density at radius 2 is 2.17 bits per heavy atom. The van der Waals surface area contributed by atoms with E-state index in [1.54, 1.807) is 0 Å². The Morgan fingerprint density at radius 1 is 1.38 bits per heavy atom. The molecule has 4 nitrogen and oxygen atoms in total. The number of carbonyl (C=O) groups is 1. The van der Waals surface area contributed by atoms with Crippen molar-refractivity contribution in [1.82, 2.24) is 15.1 Å². The lowest BCUT2D eigenvalue weighted by Gasteiger charge is -2.43.